The maximum absolute atomic E-state index is 6.87. The van der Waals surface area contributed by atoms with E-state index in [9.17, 15) is 0 Å². The van der Waals surface area contributed by atoms with Crippen LogP contribution in [-0.4, -0.2) is 48.5 Å². The molecule has 1 fully saturated rings. The molecule has 9 heteroatoms. The molecule has 2 aromatic heterocycles. The number of halogens is 1. The Morgan fingerprint density at radius 1 is 1.11 bits per heavy atom. The summed E-state index contributed by atoms with van der Waals surface area (Å²) in [5.74, 6) is 0.925. The number of ether oxygens (including phenoxy) is 1. The van der Waals surface area contributed by atoms with E-state index in [2.05, 4.69) is 59.1 Å². The second-order valence-corrected chi connectivity index (χ2v) is 18.1. The lowest BCUT2D eigenvalue weighted by Gasteiger charge is -2.37. The van der Waals surface area contributed by atoms with Crippen LogP contribution in [0.5, 0.6) is 0 Å². The minimum atomic E-state index is -1.17. The van der Waals surface area contributed by atoms with Crippen molar-refractivity contribution in [1.82, 2.24) is 14.5 Å². The molecule has 2 aliphatic heterocycles. The zero-order valence-electron chi connectivity index (χ0n) is 22.3. The summed E-state index contributed by atoms with van der Waals surface area (Å²) >= 11 is 6.87. The Hall–Kier alpha value is -2.29. The minimum Gasteiger partial charge on any atom is -0.361 e. The predicted octanol–water partition coefficient (Wildman–Crippen LogP) is 5.29. The van der Waals surface area contributed by atoms with Crippen molar-refractivity contribution in [2.75, 3.05) is 24.6 Å². The van der Waals surface area contributed by atoms with Gasteiger partial charge in [-0.05, 0) is 37.3 Å². The monoisotopic (exact) mass is 524 g/mol. The summed E-state index contributed by atoms with van der Waals surface area (Å²) in [5.41, 5.74) is 3.88. The number of fused-ring (bicyclic) bond motifs is 2. The fourth-order valence-corrected chi connectivity index (χ4v) is 5.84. The first-order chi connectivity index (χ1) is 17.0. The van der Waals surface area contributed by atoms with E-state index < -0.39 is 8.07 Å². The summed E-state index contributed by atoms with van der Waals surface area (Å²) in [6.07, 6.45) is 6.17. The number of benzene rings is 1. The van der Waals surface area contributed by atoms with E-state index in [1.165, 1.54) is 0 Å². The van der Waals surface area contributed by atoms with Crippen LogP contribution in [0.2, 0.25) is 30.7 Å². The zero-order chi connectivity index (χ0) is 25.7. The molecule has 0 amide bonds. The Kier molecular flexibility index (Phi) is 6.72. The van der Waals surface area contributed by atoms with Crippen molar-refractivity contribution in [1.29, 1.82) is 0 Å². The van der Waals surface area contributed by atoms with Crippen LogP contribution in [-0.2, 0) is 11.5 Å². The van der Waals surface area contributed by atoms with Gasteiger partial charge in [-0.25, -0.2) is 9.97 Å². The summed E-state index contributed by atoms with van der Waals surface area (Å²) in [5, 5.41) is 2.22. The van der Waals surface area contributed by atoms with Crippen LogP contribution in [0.4, 0.5) is 5.82 Å². The molecule has 5 rings (SSSR count). The highest BCUT2D eigenvalue weighted by molar-refractivity contribution is 6.76. The molecule has 0 radical (unpaired) electrons. The van der Waals surface area contributed by atoms with Gasteiger partial charge in [0, 0.05) is 45.1 Å². The van der Waals surface area contributed by atoms with Crippen LogP contribution in [0.3, 0.4) is 0 Å². The van der Waals surface area contributed by atoms with Crippen molar-refractivity contribution in [3.8, 4) is 11.1 Å². The van der Waals surface area contributed by atoms with E-state index in [-0.39, 0.29) is 6.17 Å². The lowest BCUT2D eigenvalue weighted by atomic mass is 9.83. The molecule has 3 aromatic rings. The quantitative estimate of drug-likeness (QED) is 0.311. The second kappa shape index (κ2) is 9.54. The highest BCUT2D eigenvalue weighted by Gasteiger charge is 2.27. The van der Waals surface area contributed by atoms with Gasteiger partial charge in [0.2, 0.25) is 0 Å². The summed E-state index contributed by atoms with van der Waals surface area (Å²) in [4.78, 5) is 21.6. The summed E-state index contributed by atoms with van der Waals surface area (Å²) in [6, 6.07) is 5.14. The number of hydrogen-bond acceptors (Lipinski definition) is 6. The summed E-state index contributed by atoms with van der Waals surface area (Å²) < 4.78 is 8.21. The van der Waals surface area contributed by atoms with Gasteiger partial charge < -0.3 is 14.2 Å². The Morgan fingerprint density at radius 2 is 1.86 bits per heavy atom. The molecule has 4 heterocycles. The van der Waals surface area contributed by atoms with Crippen LogP contribution < -0.4 is 15.6 Å². The van der Waals surface area contributed by atoms with E-state index >= 15 is 0 Å². The first kappa shape index (κ1) is 25.4. The van der Waals surface area contributed by atoms with Crippen LogP contribution >= 0.6 is 11.6 Å². The van der Waals surface area contributed by atoms with E-state index in [1.807, 2.05) is 25.3 Å². The first-order valence-electron chi connectivity index (χ1n) is 12.9. The molecule has 0 saturated carbocycles. The lowest BCUT2D eigenvalue weighted by molar-refractivity contribution is 0.0899. The molecule has 0 N–H and O–H groups in total. The fraction of sp³-hybridized carbons (Fsp3) is 0.556. The van der Waals surface area contributed by atoms with Crippen molar-refractivity contribution in [3.63, 3.8) is 0 Å². The zero-order valence-corrected chi connectivity index (χ0v) is 24.1. The normalized spacial score (nSPS) is 19.3. The van der Waals surface area contributed by atoms with Crippen LogP contribution in [0, 0.1) is 5.41 Å². The van der Waals surface area contributed by atoms with E-state index in [1.54, 1.807) is 0 Å². The molecule has 0 spiro atoms. The molecule has 0 bridgehead atoms. The molecule has 1 saturated heterocycles. The SMILES string of the molecule is CC1N=c2ccc(-c3cn(COCC[Si](C)(C)C)c4nc(N5CCC(C)(C)CC5)cnc34)c(Cl)c2=N1. The molecule has 36 heavy (non-hydrogen) atoms. The molecular formula is C27H37ClN6OSi. The van der Waals surface area contributed by atoms with Gasteiger partial charge in [0.1, 0.15) is 29.6 Å². The van der Waals surface area contributed by atoms with Crippen LogP contribution in [0.15, 0.2) is 34.5 Å². The molecule has 1 atom stereocenters. The predicted molar refractivity (Wildman–Crippen MR) is 149 cm³/mol. The Balaban J connectivity index is 1.53. The second-order valence-electron chi connectivity index (χ2n) is 12.1. The number of rotatable bonds is 7. The first-order valence-corrected chi connectivity index (χ1v) is 17.0. The molecule has 1 aromatic carbocycles. The largest absolute Gasteiger partial charge is 0.361 e. The van der Waals surface area contributed by atoms with E-state index in [0.717, 1.165) is 77.4 Å². The standard InChI is InChI=1S/C27H37ClN6OSi/c1-18-30-21-8-7-19(23(28)25(21)31-18)20-16-34(17-35-13-14-36(4,5)6)26-24(20)29-15-22(32-26)33-11-9-27(2,3)10-12-33/h7-8,15-16,18H,9-14,17H2,1-6H3. The molecule has 7 nitrogen and oxygen atoms in total. The van der Waals surface area contributed by atoms with E-state index in [0.29, 0.717) is 17.2 Å². The average Bonchev–Trinajstić information content (AvgIpc) is 3.36. The number of piperidine rings is 1. The smallest absolute Gasteiger partial charge is 0.163 e. The van der Waals surface area contributed by atoms with Gasteiger partial charge in [-0.1, -0.05) is 51.2 Å². The minimum absolute atomic E-state index is 0.106. The Morgan fingerprint density at radius 3 is 2.58 bits per heavy atom. The molecule has 0 aliphatic carbocycles. The van der Waals surface area contributed by atoms with Crippen molar-refractivity contribution < 1.29 is 4.74 Å². The van der Waals surface area contributed by atoms with Gasteiger partial charge in [0.15, 0.2) is 5.65 Å². The van der Waals surface area contributed by atoms with Crippen molar-refractivity contribution in [2.45, 2.75) is 72.2 Å². The Bertz CT molecular complexity index is 1400. The molecule has 2 aliphatic rings. The average molecular weight is 525 g/mol. The third kappa shape index (κ3) is 5.22. The number of hydrogen-bond donors (Lipinski definition) is 0. The van der Waals surface area contributed by atoms with Crippen LogP contribution in [0.1, 0.15) is 33.6 Å². The van der Waals surface area contributed by atoms with Gasteiger partial charge in [-0.2, -0.15) is 0 Å². The highest BCUT2D eigenvalue weighted by atomic mass is 35.5. The molecule has 192 valence electrons. The lowest BCUT2D eigenvalue weighted by Crippen LogP contribution is -2.37. The van der Waals surface area contributed by atoms with Gasteiger partial charge in [0.25, 0.3) is 0 Å². The maximum atomic E-state index is 6.87. The highest BCUT2D eigenvalue weighted by Crippen LogP contribution is 2.35. The fourth-order valence-electron chi connectivity index (χ4n) is 4.78. The van der Waals surface area contributed by atoms with Gasteiger partial charge in [-0.15, -0.1) is 0 Å². The molecule has 1 unspecified atom stereocenters. The molecular weight excluding hydrogens is 488 g/mol. The van der Waals surface area contributed by atoms with Gasteiger partial charge in [0.05, 0.1) is 16.6 Å². The van der Waals surface area contributed by atoms with Gasteiger partial charge >= 0.3 is 0 Å². The third-order valence-electron chi connectivity index (χ3n) is 7.25. The van der Waals surface area contributed by atoms with Crippen LogP contribution in [0.25, 0.3) is 22.3 Å². The number of nitrogens with zero attached hydrogens (tertiary/aromatic N) is 6. The van der Waals surface area contributed by atoms with E-state index in [4.69, 9.17) is 26.3 Å². The summed E-state index contributed by atoms with van der Waals surface area (Å²) in [6.45, 7) is 16.9. The number of aromatic nitrogens is 3. The van der Waals surface area contributed by atoms with Crippen molar-refractivity contribution >= 4 is 36.7 Å². The third-order valence-corrected chi connectivity index (χ3v) is 9.33. The topological polar surface area (TPSA) is 67.9 Å². The van der Waals surface area contributed by atoms with Gasteiger partial charge in [-0.3, -0.25) is 9.98 Å². The van der Waals surface area contributed by atoms with Crippen molar-refractivity contribution in [2.24, 2.45) is 15.4 Å². The Labute approximate surface area is 219 Å². The summed E-state index contributed by atoms with van der Waals surface area (Å²) in [7, 11) is -1.17. The number of anilines is 1. The maximum Gasteiger partial charge on any atom is 0.163 e. The van der Waals surface area contributed by atoms with Crippen molar-refractivity contribution in [3.05, 3.63) is 40.3 Å².